The van der Waals surface area contributed by atoms with Crippen LogP contribution in [0.1, 0.15) is 54.9 Å². The number of nitrogens with zero attached hydrogens (tertiary/aromatic N) is 2. The zero-order valence-electron chi connectivity index (χ0n) is 17.0. The molecule has 1 saturated heterocycles. The molecule has 160 valence electrons. The van der Waals surface area contributed by atoms with Gasteiger partial charge in [-0.25, -0.2) is 9.18 Å². The Morgan fingerprint density at radius 2 is 2.10 bits per heavy atom. The van der Waals surface area contributed by atoms with E-state index in [4.69, 9.17) is 10.5 Å². The van der Waals surface area contributed by atoms with Gasteiger partial charge in [-0.2, -0.15) is 0 Å². The van der Waals surface area contributed by atoms with Crippen molar-refractivity contribution in [1.82, 2.24) is 4.57 Å². The number of rotatable bonds is 4. The van der Waals surface area contributed by atoms with Gasteiger partial charge < -0.3 is 25.0 Å². The molecule has 1 atom stereocenters. The van der Waals surface area contributed by atoms with E-state index >= 15 is 4.39 Å². The summed E-state index contributed by atoms with van der Waals surface area (Å²) in [7, 11) is 1.47. The van der Waals surface area contributed by atoms with Crippen molar-refractivity contribution in [2.75, 3.05) is 25.1 Å². The number of anilines is 1. The molecule has 0 bridgehead atoms. The smallest absolute Gasteiger partial charge is 0.341 e. The Kier molecular flexibility index (Phi) is 4.32. The van der Waals surface area contributed by atoms with Crippen LogP contribution < -0.4 is 20.8 Å². The SMILES string of the molecule is COc1c(N2CC(N)CC3(CCC3)C2)c(F)cc2c(=O)c(C(=O)O)cn(C3CC3)c12. The molecule has 7 nitrogen and oxygen atoms in total. The Labute approximate surface area is 173 Å². The molecule has 1 aliphatic heterocycles. The molecule has 0 amide bonds. The molecular formula is C22H26FN3O4. The van der Waals surface area contributed by atoms with Gasteiger partial charge in [-0.05, 0) is 43.6 Å². The lowest BCUT2D eigenvalue weighted by Crippen LogP contribution is -2.55. The number of methoxy groups -OCH3 is 1. The van der Waals surface area contributed by atoms with Crippen LogP contribution in [0, 0.1) is 11.2 Å². The molecule has 0 radical (unpaired) electrons. The zero-order valence-corrected chi connectivity index (χ0v) is 17.0. The number of aromatic nitrogens is 1. The average Bonchev–Trinajstić information content (AvgIpc) is 3.50. The lowest BCUT2D eigenvalue weighted by atomic mass is 9.63. The maximum absolute atomic E-state index is 15.5. The highest BCUT2D eigenvalue weighted by atomic mass is 19.1. The summed E-state index contributed by atoms with van der Waals surface area (Å²) in [5.74, 6) is -1.60. The van der Waals surface area contributed by atoms with Crippen LogP contribution in [0.25, 0.3) is 10.9 Å². The molecule has 8 heteroatoms. The maximum Gasteiger partial charge on any atom is 0.341 e. The second-order valence-electron chi connectivity index (χ2n) is 9.15. The second-order valence-corrected chi connectivity index (χ2v) is 9.15. The second kappa shape index (κ2) is 6.70. The molecule has 3 aliphatic rings. The molecule has 1 unspecified atom stereocenters. The van der Waals surface area contributed by atoms with Gasteiger partial charge in [0.2, 0.25) is 5.43 Å². The summed E-state index contributed by atoms with van der Waals surface area (Å²) in [5, 5.41) is 9.51. The van der Waals surface area contributed by atoms with Crippen molar-refractivity contribution in [3.8, 4) is 5.75 Å². The standard InChI is InChI=1S/C22H26FN3O4/c1-30-20-17-14(19(27)15(21(28)29)10-26(17)13-3-4-13)7-16(23)18(20)25-9-12(24)8-22(11-25)5-2-6-22/h7,10,12-13H,2-6,8-9,11,24H2,1H3,(H,28,29). The number of aromatic carboxylic acids is 1. The fraction of sp³-hybridized carbons (Fsp3) is 0.545. The van der Waals surface area contributed by atoms with E-state index in [-0.39, 0.29) is 34.2 Å². The molecule has 2 saturated carbocycles. The Morgan fingerprint density at radius 3 is 2.67 bits per heavy atom. The van der Waals surface area contributed by atoms with Crippen LogP contribution in [0.2, 0.25) is 0 Å². The normalized spacial score (nSPS) is 22.9. The van der Waals surface area contributed by atoms with E-state index in [0.29, 0.717) is 24.3 Å². The van der Waals surface area contributed by atoms with Gasteiger partial charge in [-0.15, -0.1) is 0 Å². The highest BCUT2D eigenvalue weighted by Gasteiger charge is 2.44. The third-order valence-electron chi connectivity index (χ3n) is 6.98. The van der Waals surface area contributed by atoms with E-state index in [0.717, 1.165) is 38.5 Å². The molecule has 3 fully saturated rings. The number of piperidine rings is 1. The molecular weight excluding hydrogens is 389 g/mol. The number of ether oxygens (including phenoxy) is 1. The minimum atomic E-state index is -1.31. The van der Waals surface area contributed by atoms with Gasteiger partial charge in [0.1, 0.15) is 11.3 Å². The summed E-state index contributed by atoms with van der Waals surface area (Å²) < 4.78 is 22.9. The molecule has 2 aliphatic carbocycles. The van der Waals surface area contributed by atoms with Crippen LogP contribution in [0.4, 0.5) is 10.1 Å². The lowest BCUT2D eigenvalue weighted by Gasteiger charge is -2.51. The van der Waals surface area contributed by atoms with E-state index in [1.165, 1.54) is 19.4 Å². The number of nitrogens with two attached hydrogens (primary N) is 1. The summed E-state index contributed by atoms with van der Waals surface area (Å²) >= 11 is 0. The monoisotopic (exact) mass is 415 g/mol. The molecule has 5 rings (SSSR count). The number of pyridine rings is 1. The predicted molar refractivity (Wildman–Crippen MR) is 111 cm³/mol. The van der Waals surface area contributed by atoms with E-state index in [1.54, 1.807) is 4.57 Å². The number of carbonyl (C=O) groups is 1. The van der Waals surface area contributed by atoms with Crippen LogP contribution >= 0.6 is 0 Å². The fourth-order valence-electron chi connectivity index (χ4n) is 5.37. The first-order chi connectivity index (χ1) is 14.3. The maximum atomic E-state index is 15.5. The Balaban J connectivity index is 1.75. The van der Waals surface area contributed by atoms with Crippen molar-refractivity contribution in [2.24, 2.45) is 11.1 Å². The minimum Gasteiger partial charge on any atom is -0.492 e. The van der Waals surface area contributed by atoms with Crippen LogP contribution in [0.3, 0.4) is 0 Å². The Bertz CT molecular complexity index is 1100. The zero-order chi connectivity index (χ0) is 21.2. The molecule has 2 heterocycles. The fourth-order valence-corrected chi connectivity index (χ4v) is 5.37. The van der Waals surface area contributed by atoms with Gasteiger partial charge in [0.15, 0.2) is 11.6 Å². The van der Waals surface area contributed by atoms with Crippen LogP contribution in [0.15, 0.2) is 17.1 Å². The predicted octanol–water partition coefficient (Wildman–Crippen LogP) is 2.89. The topological polar surface area (TPSA) is 97.8 Å². The van der Waals surface area contributed by atoms with Gasteiger partial charge in [-0.3, -0.25) is 4.79 Å². The number of hydrogen-bond donors (Lipinski definition) is 2. The van der Waals surface area contributed by atoms with Crippen LogP contribution in [-0.2, 0) is 0 Å². The van der Waals surface area contributed by atoms with E-state index in [1.807, 2.05) is 4.90 Å². The molecule has 1 aromatic heterocycles. The molecule has 1 aromatic carbocycles. The van der Waals surface area contributed by atoms with Gasteiger partial charge in [-0.1, -0.05) is 6.42 Å². The van der Waals surface area contributed by atoms with Gasteiger partial charge in [0.05, 0.1) is 18.0 Å². The average molecular weight is 415 g/mol. The van der Waals surface area contributed by atoms with Crippen molar-refractivity contribution >= 4 is 22.6 Å². The number of fused-ring (bicyclic) bond motifs is 1. The number of carboxylic acid groups (broad SMARTS) is 1. The van der Waals surface area contributed by atoms with Crippen molar-refractivity contribution in [3.05, 3.63) is 33.9 Å². The van der Waals surface area contributed by atoms with E-state index < -0.39 is 17.2 Å². The summed E-state index contributed by atoms with van der Waals surface area (Å²) in [5.41, 5.74) is 6.21. The first-order valence-corrected chi connectivity index (χ1v) is 10.5. The van der Waals surface area contributed by atoms with Crippen LogP contribution in [-0.4, -0.2) is 41.9 Å². The van der Waals surface area contributed by atoms with Crippen molar-refractivity contribution in [2.45, 2.75) is 50.6 Å². The van der Waals surface area contributed by atoms with Crippen molar-refractivity contribution < 1.29 is 19.0 Å². The highest BCUT2D eigenvalue weighted by molar-refractivity contribution is 5.97. The molecule has 1 spiro atoms. The summed E-state index contributed by atoms with van der Waals surface area (Å²) in [6.45, 7) is 1.22. The number of benzene rings is 1. The molecule has 2 aromatic rings. The first kappa shape index (κ1) is 19.4. The third-order valence-corrected chi connectivity index (χ3v) is 6.98. The summed E-state index contributed by atoms with van der Waals surface area (Å²) in [6, 6.07) is 1.20. The first-order valence-electron chi connectivity index (χ1n) is 10.5. The largest absolute Gasteiger partial charge is 0.492 e. The van der Waals surface area contributed by atoms with Crippen LogP contribution in [0.5, 0.6) is 5.75 Å². The number of carboxylic acids is 1. The van der Waals surface area contributed by atoms with E-state index in [2.05, 4.69) is 0 Å². The minimum absolute atomic E-state index is 0.0413. The summed E-state index contributed by atoms with van der Waals surface area (Å²) in [4.78, 5) is 26.4. The number of hydrogen-bond acceptors (Lipinski definition) is 5. The third kappa shape index (κ3) is 2.88. The van der Waals surface area contributed by atoms with Crippen molar-refractivity contribution in [1.29, 1.82) is 0 Å². The van der Waals surface area contributed by atoms with Gasteiger partial charge in [0, 0.05) is 31.4 Å². The highest BCUT2D eigenvalue weighted by Crippen LogP contribution is 2.50. The van der Waals surface area contributed by atoms with Gasteiger partial charge in [0.25, 0.3) is 0 Å². The summed E-state index contributed by atoms with van der Waals surface area (Å²) in [6.07, 6.45) is 7.42. The van der Waals surface area contributed by atoms with Crippen molar-refractivity contribution in [3.63, 3.8) is 0 Å². The van der Waals surface area contributed by atoms with Gasteiger partial charge >= 0.3 is 5.97 Å². The number of halogens is 1. The van der Waals surface area contributed by atoms with E-state index in [9.17, 15) is 14.7 Å². The Morgan fingerprint density at radius 1 is 1.37 bits per heavy atom. The lowest BCUT2D eigenvalue weighted by molar-refractivity contribution is 0.0694. The Hall–Kier alpha value is -2.61. The molecule has 30 heavy (non-hydrogen) atoms. The molecule has 3 N–H and O–H groups in total. The quantitative estimate of drug-likeness (QED) is 0.797.